The minimum atomic E-state index is -0.262. The van der Waals surface area contributed by atoms with Gasteiger partial charge in [-0.15, -0.1) is 0 Å². The maximum atomic E-state index is 12.6. The van der Waals surface area contributed by atoms with E-state index in [9.17, 15) is 4.39 Å². The molecule has 1 rings (SSSR count). The molecule has 0 fully saturated rings. The van der Waals surface area contributed by atoms with Crippen molar-refractivity contribution in [3.05, 3.63) is 34.1 Å². The molecule has 1 aromatic rings. The molecule has 0 atom stereocenters. The first-order chi connectivity index (χ1) is 5.24. The second-order valence-corrected chi connectivity index (χ2v) is 3.14. The number of benzene rings is 1. The predicted octanol–water partition coefficient (Wildman–Crippen LogP) is 2.82. The van der Waals surface area contributed by atoms with Gasteiger partial charge in [0.25, 0.3) is 0 Å². The molecule has 0 N–H and O–H groups in total. The van der Waals surface area contributed by atoms with Crippen molar-refractivity contribution in [1.82, 2.24) is 0 Å². The zero-order valence-corrected chi connectivity index (χ0v) is 7.95. The topological polar surface area (TPSA) is 12.4 Å². The second kappa shape index (κ2) is 3.88. The SMILES string of the molecule is Fc1ccc(Br)c(CN=S)c1. The quantitative estimate of drug-likeness (QED) is 0.766. The fourth-order valence-corrected chi connectivity index (χ4v) is 1.25. The van der Waals surface area contributed by atoms with Crippen molar-refractivity contribution < 1.29 is 4.39 Å². The fraction of sp³-hybridized carbons (Fsp3) is 0.143. The molecular weight excluding hydrogens is 229 g/mol. The van der Waals surface area contributed by atoms with Gasteiger partial charge in [0.2, 0.25) is 0 Å². The van der Waals surface area contributed by atoms with E-state index < -0.39 is 0 Å². The molecule has 0 saturated carbocycles. The lowest BCUT2D eigenvalue weighted by Gasteiger charge is -1.98. The molecule has 0 aliphatic carbocycles. The largest absolute Gasteiger partial charge is 0.215 e. The molecule has 1 aromatic carbocycles. The van der Waals surface area contributed by atoms with E-state index in [1.807, 2.05) is 0 Å². The minimum Gasteiger partial charge on any atom is -0.215 e. The van der Waals surface area contributed by atoms with Crippen LogP contribution in [0.2, 0.25) is 0 Å². The van der Waals surface area contributed by atoms with Gasteiger partial charge in [-0.2, -0.15) is 0 Å². The Morgan fingerprint density at radius 1 is 1.55 bits per heavy atom. The molecule has 0 aliphatic heterocycles. The van der Waals surface area contributed by atoms with Crippen LogP contribution in [-0.2, 0) is 19.0 Å². The van der Waals surface area contributed by atoms with Crippen LogP contribution in [0.15, 0.2) is 27.0 Å². The third-order valence-corrected chi connectivity index (χ3v) is 2.15. The molecule has 0 radical (unpaired) electrons. The molecule has 0 aromatic heterocycles. The molecular formula is C7H5BrFNS. The second-order valence-electron chi connectivity index (χ2n) is 2.02. The summed E-state index contributed by atoms with van der Waals surface area (Å²) in [5, 5.41) is 0. The average Bonchev–Trinajstić information content (AvgIpc) is 1.98. The molecule has 0 aliphatic rings. The minimum absolute atomic E-state index is 0.262. The highest BCUT2D eigenvalue weighted by Crippen LogP contribution is 2.18. The molecule has 4 heteroatoms. The van der Waals surface area contributed by atoms with E-state index in [0.717, 1.165) is 10.0 Å². The number of halogens is 2. The van der Waals surface area contributed by atoms with Gasteiger partial charge in [0.1, 0.15) is 5.82 Å². The Kier molecular flexibility index (Phi) is 3.08. The van der Waals surface area contributed by atoms with Crippen molar-refractivity contribution >= 4 is 28.4 Å². The van der Waals surface area contributed by atoms with Crippen LogP contribution in [0.4, 0.5) is 4.39 Å². The Labute approximate surface area is 77.9 Å². The third-order valence-electron chi connectivity index (χ3n) is 1.24. The van der Waals surface area contributed by atoms with Gasteiger partial charge in [-0.05, 0) is 23.8 Å². The monoisotopic (exact) mass is 233 g/mol. The van der Waals surface area contributed by atoms with Crippen LogP contribution in [-0.4, -0.2) is 0 Å². The summed E-state index contributed by atoms with van der Waals surface area (Å²) in [5.41, 5.74) is 0.778. The number of hydrogen-bond donors (Lipinski definition) is 0. The molecule has 0 heterocycles. The van der Waals surface area contributed by atoms with Crippen molar-refractivity contribution in [3.8, 4) is 0 Å². The highest BCUT2D eigenvalue weighted by atomic mass is 79.9. The number of nitrogens with zero attached hydrogens (tertiary/aromatic N) is 1. The van der Waals surface area contributed by atoms with Crippen molar-refractivity contribution in [2.45, 2.75) is 6.54 Å². The maximum Gasteiger partial charge on any atom is 0.123 e. The predicted molar refractivity (Wildman–Crippen MR) is 47.6 cm³/mol. The Bertz CT molecular complexity index is 277. The van der Waals surface area contributed by atoms with Gasteiger partial charge in [-0.3, -0.25) is 0 Å². The van der Waals surface area contributed by atoms with Gasteiger partial charge in [0.15, 0.2) is 0 Å². The van der Waals surface area contributed by atoms with E-state index >= 15 is 0 Å². The van der Waals surface area contributed by atoms with E-state index in [1.165, 1.54) is 12.1 Å². The molecule has 58 valence electrons. The first kappa shape index (κ1) is 8.74. The molecule has 0 spiro atoms. The lowest BCUT2D eigenvalue weighted by atomic mass is 10.2. The molecule has 0 unspecified atom stereocenters. The summed E-state index contributed by atoms with van der Waals surface area (Å²) in [6.45, 7) is 0.369. The van der Waals surface area contributed by atoms with Gasteiger partial charge >= 0.3 is 0 Å². The Balaban J connectivity index is 3.01. The van der Waals surface area contributed by atoms with E-state index in [2.05, 4.69) is 32.7 Å². The van der Waals surface area contributed by atoms with E-state index in [4.69, 9.17) is 0 Å². The van der Waals surface area contributed by atoms with Gasteiger partial charge in [0.05, 0.1) is 6.54 Å². The first-order valence-corrected chi connectivity index (χ1v) is 4.13. The van der Waals surface area contributed by atoms with Crippen LogP contribution in [0.1, 0.15) is 5.56 Å². The van der Waals surface area contributed by atoms with Crippen LogP contribution >= 0.6 is 15.9 Å². The zero-order chi connectivity index (χ0) is 8.27. The zero-order valence-electron chi connectivity index (χ0n) is 5.55. The summed E-state index contributed by atoms with van der Waals surface area (Å²) in [4.78, 5) is 0. The lowest BCUT2D eigenvalue weighted by Crippen LogP contribution is -1.84. The fourth-order valence-electron chi connectivity index (χ4n) is 0.734. The van der Waals surface area contributed by atoms with Crippen LogP contribution < -0.4 is 0 Å². The number of hydrogen-bond acceptors (Lipinski definition) is 2. The van der Waals surface area contributed by atoms with Gasteiger partial charge in [-0.25, -0.2) is 8.75 Å². The Hall–Kier alpha value is -0.350. The third kappa shape index (κ3) is 2.31. The summed E-state index contributed by atoms with van der Waals surface area (Å²) in [6.07, 6.45) is 0. The smallest absolute Gasteiger partial charge is 0.123 e. The van der Waals surface area contributed by atoms with E-state index in [0.29, 0.717) is 6.54 Å². The molecule has 0 saturated heterocycles. The highest BCUT2D eigenvalue weighted by Gasteiger charge is 1.99. The molecule has 1 nitrogen and oxygen atoms in total. The van der Waals surface area contributed by atoms with Crippen LogP contribution in [0.5, 0.6) is 0 Å². The van der Waals surface area contributed by atoms with Gasteiger partial charge in [-0.1, -0.05) is 15.9 Å². The van der Waals surface area contributed by atoms with E-state index in [-0.39, 0.29) is 5.82 Å². The lowest BCUT2D eigenvalue weighted by molar-refractivity contribution is 0.625. The summed E-state index contributed by atoms with van der Waals surface area (Å²) in [5.74, 6) is -0.262. The van der Waals surface area contributed by atoms with Gasteiger partial charge < -0.3 is 0 Å². The summed E-state index contributed by atoms with van der Waals surface area (Å²) in [7, 11) is 0. The van der Waals surface area contributed by atoms with Crippen molar-refractivity contribution in [2.75, 3.05) is 0 Å². The van der Waals surface area contributed by atoms with Gasteiger partial charge in [0, 0.05) is 16.9 Å². The average molecular weight is 234 g/mol. The first-order valence-electron chi connectivity index (χ1n) is 2.97. The van der Waals surface area contributed by atoms with Crippen molar-refractivity contribution in [2.24, 2.45) is 4.36 Å². The van der Waals surface area contributed by atoms with E-state index in [1.54, 1.807) is 6.07 Å². The van der Waals surface area contributed by atoms with Crippen molar-refractivity contribution in [1.29, 1.82) is 0 Å². The molecule has 0 amide bonds. The Morgan fingerprint density at radius 3 is 2.91 bits per heavy atom. The maximum absolute atomic E-state index is 12.6. The van der Waals surface area contributed by atoms with Crippen LogP contribution in [0.3, 0.4) is 0 Å². The standard InChI is InChI=1S/C7H5BrFNS/c8-7-2-1-6(9)3-5(7)4-10-11/h1-3H,4H2. The molecule has 0 bridgehead atoms. The highest BCUT2D eigenvalue weighted by molar-refractivity contribution is 9.10. The normalized spacial score (nSPS) is 9.64. The Morgan fingerprint density at radius 2 is 2.27 bits per heavy atom. The van der Waals surface area contributed by atoms with Crippen LogP contribution in [0, 0.1) is 5.82 Å². The summed E-state index contributed by atoms with van der Waals surface area (Å²) < 4.78 is 16.9. The van der Waals surface area contributed by atoms with Crippen LogP contribution in [0.25, 0.3) is 0 Å². The summed E-state index contributed by atoms with van der Waals surface area (Å²) in [6, 6.07) is 4.45. The van der Waals surface area contributed by atoms with Crippen molar-refractivity contribution in [3.63, 3.8) is 0 Å². The molecule has 11 heavy (non-hydrogen) atoms. The summed E-state index contributed by atoms with van der Waals surface area (Å²) >= 11 is 7.68. The number of rotatable bonds is 2.